The molecule has 0 aromatic carbocycles. The minimum Gasteiger partial charge on any atom is -0.394 e. The van der Waals surface area contributed by atoms with E-state index in [0.29, 0.717) is 0 Å². The van der Waals surface area contributed by atoms with Gasteiger partial charge in [0, 0.05) is 0 Å². The van der Waals surface area contributed by atoms with Crippen molar-refractivity contribution in [3.8, 4) is 0 Å². The summed E-state index contributed by atoms with van der Waals surface area (Å²) in [6.45, 7) is -2.72. The van der Waals surface area contributed by atoms with Gasteiger partial charge in [-0.1, -0.05) is 0 Å². The summed E-state index contributed by atoms with van der Waals surface area (Å²) in [5, 5.41) is 62.6. The van der Waals surface area contributed by atoms with Crippen molar-refractivity contribution in [3.05, 3.63) is 0 Å². The van der Waals surface area contributed by atoms with Crippen molar-refractivity contribution in [3.63, 3.8) is 0 Å². The van der Waals surface area contributed by atoms with Crippen LogP contribution in [0.5, 0.6) is 0 Å². The Labute approximate surface area is 339 Å². The van der Waals surface area contributed by atoms with Gasteiger partial charge in [0.05, 0.1) is 39.6 Å². The van der Waals surface area contributed by atoms with Crippen molar-refractivity contribution in [2.45, 2.75) is 184 Å². The fourth-order valence-electron chi connectivity index (χ4n) is 10.4. The lowest BCUT2D eigenvalue weighted by atomic mass is 10.0. The average Bonchev–Trinajstić information content (AvgIpc) is 4.03. The standard InChI is InChI=1S/C36H48O24/c37-1-7-13-19-25(49-19)31(43-7)56-14-8(2-38)45-33(27-20(14)51-27)58-16-10(4-40)47-35(29-22(16)53-29)60-18-12(6-42)48-36(30-24(18)54-30)59-17-11(5-41)46-34(28-23(17)52-28)57-15-9(3-39)44-32(55-13)26-21(15)50-26/h7-42H,1-6H2/t7-,8-,9-,10-,11-,12-,13-,14-,15-,16-,17-,18-,19+,20+,21+,22+,23+,24+,25+,26+,27+,28+,29+,30+,31-,32-,33-,34-,35-,36-/m1/s1. The summed E-state index contributed by atoms with van der Waals surface area (Å²) in [7, 11) is 0. The molecule has 24 nitrogen and oxygen atoms in total. The summed E-state index contributed by atoms with van der Waals surface area (Å²) in [4.78, 5) is 0. The minimum absolute atomic E-state index is 0.454. The molecule has 14 fully saturated rings. The van der Waals surface area contributed by atoms with Crippen LogP contribution in [0.15, 0.2) is 0 Å². The number of aliphatic hydroxyl groups excluding tert-OH is 6. The van der Waals surface area contributed by atoms with E-state index < -0.39 is 224 Å². The molecule has 0 aromatic heterocycles. The fourth-order valence-corrected chi connectivity index (χ4v) is 10.4. The molecule has 0 spiro atoms. The van der Waals surface area contributed by atoms with Crippen molar-refractivity contribution in [1.82, 2.24) is 0 Å². The van der Waals surface area contributed by atoms with E-state index in [1.807, 2.05) is 0 Å². The van der Waals surface area contributed by atoms with Crippen molar-refractivity contribution < 1.29 is 116 Å². The molecule has 60 heavy (non-hydrogen) atoms. The zero-order valence-corrected chi connectivity index (χ0v) is 31.6. The summed E-state index contributed by atoms with van der Waals surface area (Å²) in [5.41, 5.74) is 0. The molecule has 24 heteroatoms. The smallest absolute Gasteiger partial charge is 0.187 e. The number of fused-ring (bicyclic) bond motifs is 1. The lowest BCUT2D eigenvalue weighted by Gasteiger charge is -2.41. The summed E-state index contributed by atoms with van der Waals surface area (Å²) in [6, 6.07) is 0. The van der Waals surface area contributed by atoms with Crippen LogP contribution in [-0.2, 0) is 85.3 Å². The Morgan fingerprint density at radius 3 is 0.450 bits per heavy atom. The van der Waals surface area contributed by atoms with Gasteiger partial charge in [-0.15, -0.1) is 0 Å². The van der Waals surface area contributed by atoms with Crippen LogP contribution in [0.3, 0.4) is 0 Å². The third-order valence-electron chi connectivity index (χ3n) is 13.8. The number of epoxide rings is 6. The molecule has 14 aliphatic heterocycles. The SMILES string of the molecule is OC[C@H]1O[C@@H]2O[C@H]3[C@@H]4O[C@@H]4[C@@H](O[C@H]4[C@@H]5O[C@@H]5[C@@H](O[C@H]5[C@@H]6O[C@@H]6[C@@H](O[C@H]6[C@@H]7O[C@@H]7[C@@H](O[C@H]7[C@@H]8O[C@@H]8[C@@H](O[C@H]1[C@@H]1O[C@H]21)O[C@@H]7CO)O[C@@H]6CO)O[C@@H]5CO)O[C@@H]4CO)O[C@@H]3CO. The number of hydrogen-bond acceptors (Lipinski definition) is 24. The summed E-state index contributed by atoms with van der Waals surface area (Å²) < 4.78 is 111. The predicted octanol–water partition coefficient (Wildman–Crippen LogP) is -6.78. The zero-order chi connectivity index (χ0) is 40.3. The van der Waals surface area contributed by atoms with Crippen molar-refractivity contribution in [2.24, 2.45) is 0 Å². The van der Waals surface area contributed by atoms with Gasteiger partial charge in [0.25, 0.3) is 0 Å². The van der Waals surface area contributed by atoms with Gasteiger partial charge in [0.1, 0.15) is 146 Å². The zero-order valence-electron chi connectivity index (χ0n) is 31.6. The highest BCUT2D eigenvalue weighted by Crippen LogP contribution is 2.51. The van der Waals surface area contributed by atoms with Crippen LogP contribution >= 0.6 is 0 Å². The van der Waals surface area contributed by atoms with Crippen LogP contribution in [0.4, 0.5) is 0 Å². The molecule has 14 rings (SSSR count). The van der Waals surface area contributed by atoms with Crippen LogP contribution in [0.25, 0.3) is 0 Å². The molecule has 0 radical (unpaired) electrons. The second kappa shape index (κ2) is 14.8. The van der Waals surface area contributed by atoms with Gasteiger partial charge in [-0.2, -0.15) is 0 Å². The van der Waals surface area contributed by atoms with E-state index in [9.17, 15) is 30.6 Å². The van der Waals surface area contributed by atoms with Crippen LogP contribution < -0.4 is 0 Å². The van der Waals surface area contributed by atoms with Gasteiger partial charge < -0.3 is 116 Å². The molecule has 14 saturated heterocycles. The maximum atomic E-state index is 10.4. The molecule has 336 valence electrons. The molecule has 14 aliphatic rings. The third kappa shape index (κ3) is 6.42. The highest BCUT2D eigenvalue weighted by atomic mass is 16.8. The highest BCUT2D eigenvalue weighted by Gasteiger charge is 2.70. The molecule has 14 heterocycles. The van der Waals surface area contributed by atoms with Gasteiger partial charge >= 0.3 is 0 Å². The average molecular weight is 865 g/mol. The summed E-state index contributed by atoms with van der Waals surface area (Å²) >= 11 is 0. The quantitative estimate of drug-likeness (QED) is 0.135. The van der Waals surface area contributed by atoms with E-state index in [1.165, 1.54) is 0 Å². The lowest BCUT2D eigenvalue weighted by Crippen LogP contribution is -2.59. The van der Waals surface area contributed by atoms with Gasteiger partial charge in [0.2, 0.25) is 0 Å². The van der Waals surface area contributed by atoms with E-state index in [0.717, 1.165) is 0 Å². The lowest BCUT2D eigenvalue weighted by molar-refractivity contribution is -0.323. The fraction of sp³-hybridized carbons (Fsp3) is 1.00. The Hall–Kier alpha value is -0.960. The molecular formula is C36H48O24. The van der Waals surface area contributed by atoms with Gasteiger partial charge in [-0.3, -0.25) is 0 Å². The Morgan fingerprint density at radius 2 is 0.317 bits per heavy atom. The molecule has 0 aromatic rings. The van der Waals surface area contributed by atoms with Crippen LogP contribution in [0, 0.1) is 0 Å². The second-order valence-electron chi connectivity index (χ2n) is 17.3. The molecule has 12 bridgehead atoms. The van der Waals surface area contributed by atoms with E-state index in [1.54, 1.807) is 0 Å². The number of rotatable bonds is 6. The molecule has 6 N–H and O–H groups in total. The van der Waals surface area contributed by atoms with Crippen molar-refractivity contribution in [1.29, 1.82) is 0 Å². The molecule has 0 saturated carbocycles. The maximum Gasteiger partial charge on any atom is 0.187 e. The van der Waals surface area contributed by atoms with E-state index in [-0.39, 0.29) is 0 Å². The normalized spacial score (nSPS) is 62.7. The first-order chi connectivity index (χ1) is 29.4. The Balaban J connectivity index is 0.762. The van der Waals surface area contributed by atoms with E-state index >= 15 is 0 Å². The Kier molecular flexibility index (Phi) is 9.71. The van der Waals surface area contributed by atoms with Gasteiger partial charge in [-0.05, 0) is 0 Å². The van der Waals surface area contributed by atoms with Crippen LogP contribution in [0.1, 0.15) is 0 Å². The molecule has 0 unspecified atom stereocenters. The number of hydrogen-bond donors (Lipinski definition) is 6. The highest BCUT2D eigenvalue weighted by molar-refractivity contribution is 5.11. The number of ether oxygens (including phenoxy) is 18. The second-order valence-corrected chi connectivity index (χ2v) is 17.3. The van der Waals surface area contributed by atoms with Crippen molar-refractivity contribution >= 4 is 0 Å². The summed E-state index contributed by atoms with van der Waals surface area (Å²) in [5.74, 6) is 0. The predicted molar refractivity (Wildman–Crippen MR) is 176 cm³/mol. The Morgan fingerprint density at radius 1 is 0.167 bits per heavy atom. The van der Waals surface area contributed by atoms with Gasteiger partial charge in [-0.25, -0.2) is 0 Å². The molecule has 0 aliphatic carbocycles. The third-order valence-corrected chi connectivity index (χ3v) is 13.8. The molecular weight excluding hydrogens is 816 g/mol. The molecule has 30 atom stereocenters. The topological polar surface area (TPSA) is 307 Å². The van der Waals surface area contributed by atoms with Gasteiger partial charge in [0.15, 0.2) is 37.7 Å². The first-order valence-corrected chi connectivity index (χ1v) is 20.8. The number of aliphatic hydroxyl groups is 6. The van der Waals surface area contributed by atoms with Crippen LogP contribution in [0.2, 0.25) is 0 Å². The first-order valence-electron chi connectivity index (χ1n) is 20.8. The minimum atomic E-state index is -0.973. The van der Waals surface area contributed by atoms with E-state index in [2.05, 4.69) is 0 Å². The summed E-state index contributed by atoms with van der Waals surface area (Å²) in [6.07, 6.45) is -22.9. The van der Waals surface area contributed by atoms with Crippen LogP contribution in [-0.4, -0.2) is 255 Å². The molecule has 0 amide bonds. The largest absolute Gasteiger partial charge is 0.394 e. The van der Waals surface area contributed by atoms with E-state index in [4.69, 9.17) is 85.3 Å². The monoisotopic (exact) mass is 864 g/mol. The van der Waals surface area contributed by atoms with Crippen molar-refractivity contribution in [2.75, 3.05) is 39.6 Å². The Bertz CT molecular complexity index is 1320. The maximum absolute atomic E-state index is 10.4. The first kappa shape index (κ1) is 39.4.